The second-order valence-corrected chi connectivity index (χ2v) is 11.5. The van der Waals surface area contributed by atoms with Gasteiger partial charge in [0.05, 0.1) is 17.8 Å². The van der Waals surface area contributed by atoms with Crippen molar-refractivity contribution in [1.82, 2.24) is 0 Å². The summed E-state index contributed by atoms with van der Waals surface area (Å²) in [5, 5.41) is 0. The van der Waals surface area contributed by atoms with Gasteiger partial charge < -0.3 is 10.5 Å². The molecular formula is C22H29NO5S. The van der Waals surface area contributed by atoms with E-state index >= 15 is 0 Å². The fourth-order valence-corrected chi connectivity index (χ4v) is 8.05. The van der Waals surface area contributed by atoms with E-state index in [1.54, 1.807) is 0 Å². The third-order valence-electron chi connectivity index (χ3n) is 8.26. The number of carbonyl (C=O) groups is 1. The molecule has 7 heteroatoms. The van der Waals surface area contributed by atoms with Gasteiger partial charge in [-0.15, -0.1) is 0 Å². The van der Waals surface area contributed by atoms with E-state index in [0.717, 1.165) is 25.0 Å². The zero-order valence-corrected chi connectivity index (χ0v) is 17.8. The van der Waals surface area contributed by atoms with E-state index in [-0.39, 0.29) is 34.7 Å². The first-order chi connectivity index (χ1) is 13.6. The lowest BCUT2D eigenvalue weighted by Gasteiger charge is -2.36. The lowest BCUT2D eigenvalue weighted by atomic mass is 9.70. The molecule has 1 aromatic carbocycles. The largest absolute Gasteiger partial charge is 0.493 e. The second kappa shape index (κ2) is 6.28. The number of nitrogens with two attached hydrogens (primary N) is 1. The van der Waals surface area contributed by atoms with E-state index in [0.29, 0.717) is 19.4 Å². The molecule has 4 unspecified atom stereocenters. The number of hydrogen-bond donors (Lipinski definition) is 1. The van der Waals surface area contributed by atoms with Crippen LogP contribution in [0.3, 0.4) is 0 Å². The summed E-state index contributed by atoms with van der Waals surface area (Å²) in [4.78, 5) is 12.7. The standard InChI is InChI=1S/C22H29NO5S/c1-21(2)13-6-8-22(21,19(24)10-13)12-29(25,26)28-20(23)17-11-16(17)14-4-3-5-18-15(14)7-9-27-18/h3-5,13,16-17,20H,6-12,23H2,1-2H3/t13?,16?,17?,20?,22-/m0/s1. The smallest absolute Gasteiger partial charge is 0.269 e. The average molecular weight is 420 g/mol. The molecule has 3 saturated carbocycles. The maximum Gasteiger partial charge on any atom is 0.269 e. The number of carbonyl (C=O) groups excluding carboxylic acids is 1. The van der Waals surface area contributed by atoms with Crippen molar-refractivity contribution in [3.8, 4) is 5.75 Å². The first-order valence-corrected chi connectivity index (χ1v) is 12.2. The lowest BCUT2D eigenvalue weighted by Crippen LogP contribution is -2.44. The molecule has 0 aromatic heterocycles. The normalized spacial score (nSPS) is 35.4. The zero-order valence-electron chi connectivity index (χ0n) is 17.0. The van der Waals surface area contributed by atoms with Crippen molar-refractivity contribution in [3.63, 3.8) is 0 Å². The third-order valence-corrected chi connectivity index (χ3v) is 9.62. The highest BCUT2D eigenvalue weighted by molar-refractivity contribution is 7.86. The van der Waals surface area contributed by atoms with Gasteiger partial charge >= 0.3 is 0 Å². The molecule has 0 amide bonds. The Kier molecular flexibility index (Phi) is 4.23. The Bertz CT molecular complexity index is 971. The highest BCUT2D eigenvalue weighted by Gasteiger charge is 2.65. The number of benzene rings is 1. The molecule has 5 rings (SSSR count). The predicted molar refractivity (Wildman–Crippen MR) is 108 cm³/mol. The van der Waals surface area contributed by atoms with E-state index in [2.05, 4.69) is 6.07 Å². The Hall–Kier alpha value is -1.44. The number of rotatable bonds is 6. The van der Waals surface area contributed by atoms with Crippen LogP contribution in [0, 0.1) is 22.7 Å². The van der Waals surface area contributed by atoms with Crippen molar-refractivity contribution in [2.45, 2.75) is 58.1 Å². The van der Waals surface area contributed by atoms with Gasteiger partial charge in [0.15, 0.2) is 0 Å². The summed E-state index contributed by atoms with van der Waals surface area (Å²) < 4.78 is 36.9. The highest BCUT2D eigenvalue weighted by atomic mass is 32.2. The Morgan fingerprint density at radius 1 is 1.34 bits per heavy atom. The van der Waals surface area contributed by atoms with Crippen LogP contribution in [0.25, 0.3) is 0 Å². The van der Waals surface area contributed by atoms with Crippen LogP contribution in [0.2, 0.25) is 0 Å². The molecule has 5 atom stereocenters. The summed E-state index contributed by atoms with van der Waals surface area (Å²) in [5.74, 6) is 1.19. The number of Topliss-reactive ketones (excluding diaryl/α,β-unsaturated/α-hetero) is 1. The lowest BCUT2D eigenvalue weighted by molar-refractivity contribution is -0.128. The minimum Gasteiger partial charge on any atom is -0.493 e. The maximum absolute atomic E-state index is 12.9. The Balaban J connectivity index is 1.29. The van der Waals surface area contributed by atoms with Crippen LogP contribution in [0.15, 0.2) is 18.2 Å². The molecule has 1 aromatic rings. The Morgan fingerprint density at radius 3 is 2.83 bits per heavy atom. The van der Waals surface area contributed by atoms with Gasteiger partial charge in [0.2, 0.25) is 0 Å². The monoisotopic (exact) mass is 419 g/mol. The van der Waals surface area contributed by atoms with Crippen LogP contribution in [0.4, 0.5) is 0 Å². The molecule has 29 heavy (non-hydrogen) atoms. The minimum atomic E-state index is -3.90. The average Bonchev–Trinajstić information content (AvgIpc) is 3.18. The molecule has 158 valence electrons. The van der Waals surface area contributed by atoms with Gasteiger partial charge in [0.1, 0.15) is 17.8 Å². The number of hydrogen-bond acceptors (Lipinski definition) is 6. The van der Waals surface area contributed by atoms with Gasteiger partial charge in [-0.25, -0.2) is 0 Å². The summed E-state index contributed by atoms with van der Waals surface area (Å²) in [6, 6.07) is 6.02. The van der Waals surface area contributed by atoms with Crippen molar-refractivity contribution in [2.75, 3.05) is 12.4 Å². The highest BCUT2D eigenvalue weighted by Crippen LogP contribution is 2.64. The van der Waals surface area contributed by atoms with Crippen molar-refractivity contribution in [1.29, 1.82) is 0 Å². The van der Waals surface area contributed by atoms with Gasteiger partial charge in [-0.1, -0.05) is 26.0 Å². The van der Waals surface area contributed by atoms with Crippen molar-refractivity contribution < 1.29 is 22.1 Å². The molecule has 6 nitrogen and oxygen atoms in total. The fraction of sp³-hybridized carbons (Fsp3) is 0.682. The molecule has 2 bridgehead atoms. The van der Waals surface area contributed by atoms with Crippen molar-refractivity contribution in [3.05, 3.63) is 29.3 Å². The van der Waals surface area contributed by atoms with E-state index in [9.17, 15) is 13.2 Å². The molecule has 1 heterocycles. The first-order valence-electron chi connectivity index (χ1n) is 10.6. The van der Waals surface area contributed by atoms with Crippen LogP contribution in [-0.4, -0.2) is 32.8 Å². The predicted octanol–water partition coefficient (Wildman–Crippen LogP) is 2.75. The second-order valence-electron chi connectivity index (χ2n) is 9.86. The van der Waals surface area contributed by atoms with Crippen molar-refractivity contribution >= 4 is 15.9 Å². The molecule has 2 N–H and O–H groups in total. The Morgan fingerprint density at radius 2 is 2.14 bits per heavy atom. The van der Waals surface area contributed by atoms with Crippen LogP contribution >= 0.6 is 0 Å². The number of ketones is 1. The maximum atomic E-state index is 12.9. The molecule has 4 aliphatic rings. The van der Waals surface area contributed by atoms with E-state index in [1.165, 1.54) is 11.1 Å². The van der Waals surface area contributed by atoms with Crippen LogP contribution < -0.4 is 10.5 Å². The first kappa shape index (κ1) is 19.5. The molecule has 0 spiro atoms. The third kappa shape index (κ3) is 2.88. The van der Waals surface area contributed by atoms with Gasteiger partial charge in [0, 0.05) is 24.3 Å². The topological polar surface area (TPSA) is 95.7 Å². The quantitative estimate of drug-likeness (QED) is 0.563. The zero-order chi connectivity index (χ0) is 20.6. The van der Waals surface area contributed by atoms with Crippen LogP contribution in [-0.2, 0) is 25.5 Å². The van der Waals surface area contributed by atoms with E-state index in [1.807, 2.05) is 26.0 Å². The van der Waals surface area contributed by atoms with Gasteiger partial charge in [-0.2, -0.15) is 8.42 Å². The summed E-state index contributed by atoms with van der Waals surface area (Å²) >= 11 is 0. The van der Waals surface area contributed by atoms with E-state index < -0.39 is 21.8 Å². The van der Waals surface area contributed by atoms with Gasteiger partial charge in [-0.05, 0) is 48.1 Å². The van der Waals surface area contributed by atoms with Crippen molar-refractivity contribution in [2.24, 2.45) is 28.4 Å². The number of ether oxygens (including phenoxy) is 1. The van der Waals surface area contributed by atoms with Gasteiger partial charge in [0.25, 0.3) is 10.1 Å². The van der Waals surface area contributed by atoms with Crippen LogP contribution in [0.1, 0.15) is 56.6 Å². The SMILES string of the molecule is CC1(C)C2CC[C@]1(CS(=O)(=O)OC(N)C1CC1c1cccc3c1CCO3)C(=O)C2. The summed E-state index contributed by atoms with van der Waals surface area (Å²) in [5.41, 5.74) is 7.47. The summed E-state index contributed by atoms with van der Waals surface area (Å²) in [6.07, 6.45) is 2.83. The molecule has 0 radical (unpaired) electrons. The van der Waals surface area contributed by atoms with E-state index in [4.69, 9.17) is 14.7 Å². The molecule has 3 aliphatic carbocycles. The minimum absolute atomic E-state index is 0.0296. The number of fused-ring (bicyclic) bond motifs is 3. The Labute approximate surface area is 172 Å². The summed E-state index contributed by atoms with van der Waals surface area (Å²) in [7, 11) is -3.90. The molecule has 0 saturated heterocycles. The fourth-order valence-electron chi connectivity index (χ4n) is 6.22. The van der Waals surface area contributed by atoms with Gasteiger partial charge in [-0.3, -0.25) is 8.98 Å². The molecule has 1 aliphatic heterocycles. The van der Waals surface area contributed by atoms with Crippen LogP contribution in [0.5, 0.6) is 5.75 Å². The molecule has 3 fully saturated rings. The summed E-state index contributed by atoms with van der Waals surface area (Å²) in [6.45, 7) is 4.74. The molecular weight excluding hydrogens is 390 g/mol.